The van der Waals surface area contributed by atoms with Crippen molar-refractivity contribution in [3.05, 3.63) is 36.0 Å². The van der Waals surface area contributed by atoms with Crippen molar-refractivity contribution < 1.29 is 9.47 Å². The molecule has 0 saturated heterocycles. The molecule has 0 spiro atoms. The van der Waals surface area contributed by atoms with Crippen molar-refractivity contribution in [1.82, 2.24) is 4.57 Å². The molecule has 0 aliphatic carbocycles. The molecule has 0 unspecified atom stereocenters. The molecule has 2 rings (SSSR count). The Hall–Kier alpha value is -1.36. The Bertz CT molecular complexity index is 508. The minimum atomic E-state index is 0.585. The van der Waals surface area contributed by atoms with Crippen molar-refractivity contribution in [2.75, 3.05) is 26.9 Å². The highest BCUT2D eigenvalue weighted by Crippen LogP contribution is 2.20. The highest BCUT2D eigenvalue weighted by atomic mass is 16.5. The minimum absolute atomic E-state index is 0.585. The normalized spacial score (nSPS) is 11.3. The summed E-state index contributed by atoms with van der Waals surface area (Å²) in [6, 6.07) is 8.43. The van der Waals surface area contributed by atoms with E-state index in [1.165, 1.54) is 16.5 Å². The van der Waals surface area contributed by atoms with Gasteiger partial charge in [-0.3, -0.25) is 0 Å². The number of aromatic nitrogens is 1. The van der Waals surface area contributed by atoms with Crippen LogP contribution >= 0.6 is 0 Å². The molecule has 2 N–H and O–H groups in total. The van der Waals surface area contributed by atoms with Crippen LogP contribution in [0.15, 0.2) is 30.5 Å². The third-order valence-electron chi connectivity index (χ3n) is 3.24. The maximum absolute atomic E-state index is 5.75. The van der Waals surface area contributed by atoms with E-state index < -0.39 is 0 Å². The first-order chi connectivity index (χ1) is 9.36. The monoisotopic (exact) mass is 262 g/mol. The molecular formula is C15H22N2O2. The minimum Gasteiger partial charge on any atom is -0.382 e. The largest absolute Gasteiger partial charge is 0.382 e. The van der Waals surface area contributed by atoms with Crippen LogP contribution in [-0.2, 0) is 22.6 Å². The number of rotatable bonds is 8. The van der Waals surface area contributed by atoms with Crippen LogP contribution < -0.4 is 5.73 Å². The number of hydrogen-bond acceptors (Lipinski definition) is 3. The van der Waals surface area contributed by atoms with Gasteiger partial charge >= 0.3 is 0 Å². The Morgan fingerprint density at radius 1 is 1.16 bits per heavy atom. The predicted octanol–water partition coefficient (Wildman–Crippen LogP) is 2.15. The van der Waals surface area contributed by atoms with E-state index in [-0.39, 0.29) is 0 Å². The zero-order valence-corrected chi connectivity index (χ0v) is 11.5. The van der Waals surface area contributed by atoms with Gasteiger partial charge in [-0.2, -0.15) is 0 Å². The van der Waals surface area contributed by atoms with Gasteiger partial charge in [0.15, 0.2) is 0 Å². The lowest BCUT2D eigenvalue weighted by molar-refractivity contribution is 0.0681. The zero-order valence-electron chi connectivity index (χ0n) is 11.5. The van der Waals surface area contributed by atoms with Crippen LogP contribution in [0.4, 0.5) is 0 Å². The quantitative estimate of drug-likeness (QED) is 0.742. The Labute approximate surface area is 114 Å². The second kappa shape index (κ2) is 7.28. The highest BCUT2D eigenvalue weighted by Gasteiger charge is 2.04. The van der Waals surface area contributed by atoms with Crippen LogP contribution in [0.1, 0.15) is 12.0 Å². The average Bonchev–Trinajstić information content (AvgIpc) is 2.86. The second-order valence-corrected chi connectivity index (χ2v) is 4.52. The molecular weight excluding hydrogens is 240 g/mol. The van der Waals surface area contributed by atoms with Crippen molar-refractivity contribution in [3.63, 3.8) is 0 Å². The van der Waals surface area contributed by atoms with Crippen LogP contribution in [0, 0.1) is 0 Å². The molecule has 0 fully saturated rings. The molecule has 19 heavy (non-hydrogen) atoms. The summed E-state index contributed by atoms with van der Waals surface area (Å²) in [5.41, 5.74) is 8.20. The molecule has 0 aliphatic rings. The maximum Gasteiger partial charge on any atom is 0.0700 e. The van der Waals surface area contributed by atoms with Gasteiger partial charge < -0.3 is 19.8 Å². The van der Waals surface area contributed by atoms with Crippen molar-refractivity contribution in [2.45, 2.75) is 19.5 Å². The summed E-state index contributed by atoms with van der Waals surface area (Å²) >= 11 is 0. The molecule has 0 aliphatic heterocycles. The van der Waals surface area contributed by atoms with Gasteiger partial charge in [0, 0.05) is 43.9 Å². The van der Waals surface area contributed by atoms with Crippen molar-refractivity contribution in [1.29, 1.82) is 0 Å². The van der Waals surface area contributed by atoms with Crippen LogP contribution in [0.2, 0.25) is 0 Å². The van der Waals surface area contributed by atoms with Crippen LogP contribution in [-0.4, -0.2) is 31.5 Å². The van der Waals surface area contributed by atoms with E-state index >= 15 is 0 Å². The van der Waals surface area contributed by atoms with E-state index in [2.05, 4.69) is 35.0 Å². The summed E-state index contributed by atoms with van der Waals surface area (Å²) in [5, 5.41) is 1.25. The Balaban J connectivity index is 1.91. The molecule has 1 aromatic heterocycles. The fourth-order valence-corrected chi connectivity index (χ4v) is 2.24. The van der Waals surface area contributed by atoms with Gasteiger partial charge in [-0.05, 0) is 24.1 Å². The third kappa shape index (κ3) is 3.56. The molecule has 0 amide bonds. The van der Waals surface area contributed by atoms with Gasteiger partial charge in [0.1, 0.15) is 0 Å². The van der Waals surface area contributed by atoms with Crippen molar-refractivity contribution in [3.8, 4) is 0 Å². The van der Waals surface area contributed by atoms with E-state index in [0.717, 1.165) is 19.6 Å². The average molecular weight is 262 g/mol. The summed E-state index contributed by atoms with van der Waals surface area (Å²) in [7, 11) is 1.68. The van der Waals surface area contributed by atoms with E-state index in [1.54, 1.807) is 7.11 Å². The number of benzene rings is 1. The summed E-state index contributed by atoms with van der Waals surface area (Å²) in [4.78, 5) is 0. The van der Waals surface area contributed by atoms with Gasteiger partial charge in [0.25, 0.3) is 0 Å². The molecule has 0 atom stereocenters. The number of ether oxygens (including phenoxy) is 2. The van der Waals surface area contributed by atoms with E-state index in [1.807, 2.05) is 0 Å². The first-order valence-corrected chi connectivity index (χ1v) is 6.70. The summed E-state index contributed by atoms with van der Waals surface area (Å²) in [5.74, 6) is 0. The fourth-order valence-electron chi connectivity index (χ4n) is 2.24. The van der Waals surface area contributed by atoms with Crippen LogP contribution in [0.25, 0.3) is 10.9 Å². The smallest absolute Gasteiger partial charge is 0.0700 e. The van der Waals surface area contributed by atoms with E-state index in [0.29, 0.717) is 19.8 Å². The van der Waals surface area contributed by atoms with Gasteiger partial charge in [-0.25, -0.2) is 0 Å². The highest BCUT2D eigenvalue weighted by molar-refractivity contribution is 5.83. The summed E-state index contributed by atoms with van der Waals surface area (Å²) in [6.07, 6.45) is 3.12. The molecule has 4 nitrogen and oxygen atoms in total. The lowest BCUT2D eigenvalue weighted by Crippen LogP contribution is -2.06. The standard InChI is InChI=1S/C15H22N2O2/c1-18-10-11-19-9-3-7-17-8-6-14-13(12-16)4-2-5-15(14)17/h2,4-6,8H,3,7,9-12,16H2,1H3. The van der Waals surface area contributed by atoms with Gasteiger partial charge in [0.2, 0.25) is 0 Å². The zero-order chi connectivity index (χ0) is 13.5. The molecule has 104 valence electrons. The van der Waals surface area contributed by atoms with E-state index in [4.69, 9.17) is 15.2 Å². The summed E-state index contributed by atoms with van der Waals surface area (Å²) < 4.78 is 12.7. The fraction of sp³-hybridized carbons (Fsp3) is 0.467. The van der Waals surface area contributed by atoms with Crippen molar-refractivity contribution in [2.24, 2.45) is 5.73 Å². The van der Waals surface area contributed by atoms with Gasteiger partial charge in [-0.1, -0.05) is 12.1 Å². The second-order valence-electron chi connectivity index (χ2n) is 4.52. The molecule has 1 heterocycles. The lowest BCUT2D eigenvalue weighted by Gasteiger charge is -2.07. The van der Waals surface area contributed by atoms with Crippen LogP contribution in [0.5, 0.6) is 0 Å². The number of aryl methyl sites for hydroxylation is 1. The third-order valence-corrected chi connectivity index (χ3v) is 3.24. The molecule has 0 radical (unpaired) electrons. The maximum atomic E-state index is 5.75. The first kappa shape index (κ1) is 14.1. The SMILES string of the molecule is COCCOCCCn1ccc2c(CN)cccc21. The van der Waals surface area contributed by atoms with E-state index in [9.17, 15) is 0 Å². The molecule has 2 aromatic rings. The number of hydrogen-bond donors (Lipinski definition) is 1. The summed E-state index contributed by atoms with van der Waals surface area (Å²) in [6.45, 7) is 3.64. The number of nitrogens with zero attached hydrogens (tertiary/aromatic N) is 1. The van der Waals surface area contributed by atoms with Gasteiger partial charge in [0.05, 0.1) is 13.2 Å². The molecule has 4 heteroatoms. The Kier molecular flexibility index (Phi) is 5.39. The lowest BCUT2D eigenvalue weighted by atomic mass is 10.1. The first-order valence-electron chi connectivity index (χ1n) is 6.70. The topological polar surface area (TPSA) is 49.4 Å². The number of nitrogens with two attached hydrogens (primary N) is 1. The molecule has 1 aromatic carbocycles. The van der Waals surface area contributed by atoms with Crippen molar-refractivity contribution >= 4 is 10.9 Å². The number of methoxy groups -OCH3 is 1. The molecule has 0 bridgehead atoms. The Morgan fingerprint density at radius 3 is 2.84 bits per heavy atom. The van der Waals surface area contributed by atoms with Crippen LogP contribution in [0.3, 0.4) is 0 Å². The molecule has 0 saturated carbocycles. The predicted molar refractivity (Wildman–Crippen MR) is 77.1 cm³/mol. The van der Waals surface area contributed by atoms with Gasteiger partial charge in [-0.15, -0.1) is 0 Å². The Morgan fingerprint density at radius 2 is 2.05 bits per heavy atom. The number of fused-ring (bicyclic) bond motifs is 1.